The van der Waals surface area contributed by atoms with E-state index in [9.17, 15) is 9.18 Å². The molecule has 0 saturated carbocycles. The summed E-state index contributed by atoms with van der Waals surface area (Å²) in [7, 11) is 0. The molecule has 0 saturated heterocycles. The molecule has 2 aromatic rings. The molecule has 0 fully saturated rings. The number of anilines is 1. The quantitative estimate of drug-likeness (QED) is 0.902. The van der Waals surface area contributed by atoms with Gasteiger partial charge in [0.1, 0.15) is 5.69 Å². The molecule has 3 N–H and O–H groups in total. The van der Waals surface area contributed by atoms with Crippen molar-refractivity contribution in [2.24, 2.45) is 0 Å². The molecule has 0 aliphatic heterocycles. The molecule has 6 heteroatoms. The standard InChI is InChI=1S/C15H10FN3O2/c1-2-10-12(18)11(16)13(19-14(10)15(20)21)9-5-3-8(7-17)4-6-9/h2-6H,1H2,(H2,18,19)(H,20,21). The lowest BCUT2D eigenvalue weighted by atomic mass is 10.0. The van der Waals surface area contributed by atoms with E-state index in [4.69, 9.17) is 16.1 Å². The highest BCUT2D eigenvalue weighted by Gasteiger charge is 2.21. The summed E-state index contributed by atoms with van der Waals surface area (Å²) >= 11 is 0. The number of aromatic carboxylic acids is 1. The maximum atomic E-state index is 14.3. The lowest BCUT2D eigenvalue weighted by Crippen LogP contribution is -2.10. The molecule has 0 spiro atoms. The summed E-state index contributed by atoms with van der Waals surface area (Å²) in [6, 6.07) is 7.84. The van der Waals surface area contributed by atoms with Crippen LogP contribution in [0.4, 0.5) is 10.1 Å². The fourth-order valence-electron chi connectivity index (χ4n) is 1.86. The largest absolute Gasteiger partial charge is 0.476 e. The predicted octanol–water partition coefficient (Wildman–Crippen LogP) is 2.68. The third-order valence-electron chi connectivity index (χ3n) is 2.91. The van der Waals surface area contributed by atoms with Crippen LogP contribution in [0.3, 0.4) is 0 Å². The molecule has 5 nitrogen and oxygen atoms in total. The number of pyridine rings is 1. The second kappa shape index (κ2) is 5.43. The summed E-state index contributed by atoms with van der Waals surface area (Å²) in [5.74, 6) is -2.15. The van der Waals surface area contributed by atoms with Crippen LogP contribution in [0.1, 0.15) is 21.6 Å². The smallest absolute Gasteiger partial charge is 0.355 e. The van der Waals surface area contributed by atoms with E-state index in [2.05, 4.69) is 11.6 Å². The van der Waals surface area contributed by atoms with Gasteiger partial charge in [0.15, 0.2) is 11.5 Å². The van der Waals surface area contributed by atoms with Crippen molar-refractivity contribution in [3.05, 3.63) is 53.5 Å². The summed E-state index contributed by atoms with van der Waals surface area (Å²) in [5.41, 5.74) is 5.42. The zero-order valence-corrected chi connectivity index (χ0v) is 10.8. The number of nitrogen functional groups attached to an aromatic ring is 1. The molecule has 0 atom stereocenters. The fourth-order valence-corrected chi connectivity index (χ4v) is 1.86. The Hall–Kier alpha value is -3.20. The first kappa shape index (κ1) is 14.2. The molecule has 1 aromatic heterocycles. The van der Waals surface area contributed by atoms with Crippen molar-refractivity contribution >= 4 is 17.7 Å². The van der Waals surface area contributed by atoms with Crippen LogP contribution in [0.15, 0.2) is 30.8 Å². The van der Waals surface area contributed by atoms with Gasteiger partial charge in [0.2, 0.25) is 0 Å². The van der Waals surface area contributed by atoms with E-state index < -0.39 is 11.8 Å². The summed E-state index contributed by atoms with van der Waals surface area (Å²) in [6.07, 6.45) is 1.15. The Bertz CT molecular complexity index is 777. The van der Waals surface area contributed by atoms with E-state index >= 15 is 0 Å². The van der Waals surface area contributed by atoms with Crippen molar-refractivity contribution in [1.82, 2.24) is 4.98 Å². The Balaban J connectivity index is 2.71. The van der Waals surface area contributed by atoms with E-state index in [1.807, 2.05) is 6.07 Å². The Morgan fingerprint density at radius 3 is 2.52 bits per heavy atom. The second-order valence-corrected chi connectivity index (χ2v) is 4.15. The Morgan fingerprint density at radius 1 is 1.43 bits per heavy atom. The number of hydrogen-bond acceptors (Lipinski definition) is 4. The van der Waals surface area contributed by atoms with E-state index in [-0.39, 0.29) is 22.6 Å². The topological polar surface area (TPSA) is 100 Å². The summed E-state index contributed by atoms with van der Waals surface area (Å²) in [6.45, 7) is 3.41. The molecule has 1 aromatic carbocycles. The highest BCUT2D eigenvalue weighted by Crippen LogP contribution is 2.29. The summed E-state index contributed by atoms with van der Waals surface area (Å²) in [4.78, 5) is 15.0. The molecule has 0 aliphatic carbocycles. The van der Waals surface area contributed by atoms with Crippen LogP contribution < -0.4 is 5.73 Å². The van der Waals surface area contributed by atoms with Gasteiger partial charge >= 0.3 is 5.97 Å². The van der Waals surface area contributed by atoms with Gasteiger partial charge in [-0.05, 0) is 12.1 Å². The van der Waals surface area contributed by atoms with Crippen molar-refractivity contribution < 1.29 is 14.3 Å². The highest BCUT2D eigenvalue weighted by molar-refractivity contribution is 5.94. The number of rotatable bonds is 3. The van der Waals surface area contributed by atoms with Crippen molar-refractivity contribution in [2.75, 3.05) is 5.73 Å². The number of carboxylic acid groups (broad SMARTS) is 1. The number of carboxylic acids is 1. The Labute approximate surface area is 119 Å². The van der Waals surface area contributed by atoms with Crippen LogP contribution in [-0.4, -0.2) is 16.1 Å². The number of nitrogens with two attached hydrogens (primary N) is 1. The van der Waals surface area contributed by atoms with E-state index in [1.165, 1.54) is 24.3 Å². The van der Waals surface area contributed by atoms with Crippen LogP contribution in [0.25, 0.3) is 17.3 Å². The molecule has 0 aliphatic rings. The van der Waals surface area contributed by atoms with Crippen molar-refractivity contribution in [3.63, 3.8) is 0 Å². The van der Waals surface area contributed by atoms with Gasteiger partial charge in [-0.2, -0.15) is 5.26 Å². The zero-order valence-electron chi connectivity index (χ0n) is 10.8. The normalized spacial score (nSPS) is 9.90. The molecular formula is C15H10FN3O2. The number of hydrogen-bond donors (Lipinski definition) is 2. The minimum Gasteiger partial charge on any atom is -0.476 e. The second-order valence-electron chi connectivity index (χ2n) is 4.15. The van der Waals surface area contributed by atoms with Gasteiger partial charge in [-0.3, -0.25) is 0 Å². The molecule has 1 heterocycles. The van der Waals surface area contributed by atoms with E-state index in [0.717, 1.165) is 6.08 Å². The SMILES string of the molecule is C=Cc1c(C(=O)O)nc(-c2ccc(C#N)cc2)c(F)c1N. The van der Waals surface area contributed by atoms with Gasteiger partial charge in [0.25, 0.3) is 0 Å². The lowest BCUT2D eigenvalue weighted by molar-refractivity contribution is 0.0690. The van der Waals surface area contributed by atoms with Crippen molar-refractivity contribution in [3.8, 4) is 17.3 Å². The molecule has 104 valence electrons. The number of nitrogens with zero attached hydrogens (tertiary/aromatic N) is 2. The Kier molecular flexibility index (Phi) is 3.67. The van der Waals surface area contributed by atoms with E-state index in [1.54, 1.807) is 0 Å². The Morgan fingerprint density at radius 2 is 2.05 bits per heavy atom. The van der Waals surface area contributed by atoms with Gasteiger partial charge in [-0.1, -0.05) is 24.8 Å². The average molecular weight is 283 g/mol. The van der Waals surface area contributed by atoms with Gasteiger partial charge in [0, 0.05) is 11.1 Å². The number of benzene rings is 1. The third kappa shape index (κ3) is 2.44. The lowest BCUT2D eigenvalue weighted by Gasteiger charge is -2.10. The third-order valence-corrected chi connectivity index (χ3v) is 2.91. The summed E-state index contributed by atoms with van der Waals surface area (Å²) < 4.78 is 14.3. The molecule has 21 heavy (non-hydrogen) atoms. The van der Waals surface area contributed by atoms with Crippen molar-refractivity contribution in [2.45, 2.75) is 0 Å². The first-order valence-electron chi connectivity index (χ1n) is 5.84. The minimum absolute atomic E-state index is 0.0580. The average Bonchev–Trinajstić information content (AvgIpc) is 2.49. The first-order chi connectivity index (χ1) is 9.99. The molecule has 2 rings (SSSR count). The van der Waals surface area contributed by atoms with Crippen LogP contribution in [-0.2, 0) is 0 Å². The van der Waals surface area contributed by atoms with Gasteiger partial charge in [0.05, 0.1) is 17.3 Å². The molecule has 0 unspecified atom stereocenters. The maximum absolute atomic E-state index is 14.3. The van der Waals surface area contributed by atoms with Crippen LogP contribution in [0.2, 0.25) is 0 Å². The van der Waals surface area contributed by atoms with E-state index in [0.29, 0.717) is 11.1 Å². The number of halogens is 1. The molecule has 0 bridgehead atoms. The highest BCUT2D eigenvalue weighted by atomic mass is 19.1. The number of aromatic nitrogens is 1. The number of nitriles is 1. The molecule has 0 radical (unpaired) electrons. The predicted molar refractivity (Wildman–Crippen MR) is 75.8 cm³/mol. The number of carbonyl (C=O) groups is 1. The first-order valence-corrected chi connectivity index (χ1v) is 5.84. The monoisotopic (exact) mass is 283 g/mol. The van der Waals surface area contributed by atoms with Gasteiger partial charge < -0.3 is 10.8 Å². The van der Waals surface area contributed by atoms with Crippen LogP contribution in [0, 0.1) is 17.1 Å². The fraction of sp³-hybridized carbons (Fsp3) is 0. The molecular weight excluding hydrogens is 273 g/mol. The zero-order chi connectivity index (χ0) is 15.6. The summed E-state index contributed by atoms with van der Waals surface area (Å²) in [5, 5.41) is 17.9. The van der Waals surface area contributed by atoms with Crippen LogP contribution >= 0.6 is 0 Å². The maximum Gasteiger partial charge on any atom is 0.355 e. The van der Waals surface area contributed by atoms with Gasteiger partial charge in [-0.25, -0.2) is 14.2 Å². The van der Waals surface area contributed by atoms with Gasteiger partial charge in [-0.15, -0.1) is 0 Å². The van der Waals surface area contributed by atoms with Crippen LogP contribution in [0.5, 0.6) is 0 Å². The molecule has 0 amide bonds. The minimum atomic E-state index is -1.33. The van der Waals surface area contributed by atoms with Crippen molar-refractivity contribution in [1.29, 1.82) is 5.26 Å².